The van der Waals surface area contributed by atoms with Gasteiger partial charge in [0.15, 0.2) is 5.82 Å². The van der Waals surface area contributed by atoms with Crippen LogP contribution in [0.5, 0.6) is 0 Å². The molecule has 6 nitrogen and oxygen atoms in total. The standard InChI is InChI=1S/C14H18N6/c1-2-11-7-13(20-6-3-10(15)9-20)19-14(18-11)12-8-16-4-5-17-12/h4-5,7-8,10H,2-3,6,9,15H2,1H3. The van der Waals surface area contributed by atoms with Crippen LogP contribution in [0.1, 0.15) is 19.0 Å². The number of anilines is 1. The molecule has 1 aliphatic heterocycles. The minimum absolute atomic E-state index is 0.231. The lowest BCUT2D eigenvalue weighted by molar-refractivity contribution is 0.751. The van der Waals surface area contributed by atoms with Crippen molar-refractivity contribution in [2.75, 3.05) is 18.0 Å². The molecular weight excluding hydrogens is 252 g/mol. The van der Waals surface area contributed by atoms with Gasteiger partial charge in [0.05, 0.1) is 6.20 Å². The van der Waals surface area contributed by atoms with E-state index in [0.29, 0.717) is 11.5 Å². The normalized spacial score (nSPS) is 18.5. The van der Waals surface area contributed by atoms with Gasteiger partial charge in [-0.05, 0) is 12.8 Å². The zero-order chi connectivity index (χ0) is 13.9. The first kappa shape index (κ1) is 12.9. The molecule has 0 spiro atoms. The zero-order valence-electron chi connectivity index (χ0n) is 11.5. The van der Waals surface area contributed by atoms with Gasteiger partial charge < -0.3 is 10.6 Å². The van der Waals surface area contributed by atoms with Crippen LogP contribution in [0.25, 0.3) is 11.5 Å². The van der Waals surface area contributed by atoms with Crippen LogP contribution < -0.4 is 10.6 Å². The number of nitrogens with two attached hydrogens (primary N) is 1. The van der Waals surface area contributed by atoms with Crippen LogP contribution in [-0.4, -0.2) is 39.1 Å². The van der Waals surface area contributed by atoms with E-state index < -0.39 is 0 Å². The second-order valence-corrected chi connectivity index (χ2v) is 4.98. The van der Waals surface area contributed by atoms with Crippen molar-refractivity contribution >= 4 is 5.82 Å². The summed E-state index contributed by atoms with van der Waals surface area (Å²) in [5, 5.41) is 0. The summed E-state index contributed by atoms with van der Waals surface area (Å²) in [5.41, 5.74) is 7.69. The maximum atomic E-state index is 5.97. The van der Waals surface area contributed by atoms with E-state index in [1.807, 2.05) is 6.07 Å². The van der Waals surface area contributed by atoms with Crippen LogP contribution in [0, 0.1) is 0 Å². The second kappa shape index (κ2) is 5.50. The predicted octanol–water partition coefficient (Wildman–Crippen LogP) is 1.03. The Morgan fingerprint density at radius 2 is 2.25 bits per heavy atom. The van der Waals surface area contributed by atoms with Crippen LogP contribution >= 0.6 is 0 Å². The summed E-state index contributed by atoms with van der Waals surface area (Å²) < 4.78 is 0. The van der Waals surface area contributed by atoms with E-state index in [-0.39, 0.29) is 6.04 Å². The van der Waals surface area contributed by atoms with Crippen molar-refractivity contribution in [2.24, 2.45) is 5.73 Å². The average Bonchev–Trinajstić information content (AvgIpc) is 2.94. The SMILES string of the molecule is CCc1cc(N2CCC(N)C2)nc(-c2cnccn2)n1. The molecule has 1 unspecified atom stereocenters. The molecule has 1 atom stereocenters. The van der Waals surface area contributed by atoms with Gasteiger partial charge >= 0.3 is 0 Å². The summed E-state index contributed by atoms with van der Waals surface area (Å²) in [6, 6.07) is 2.27. The molecule has 1 saturated heterocycles. The fraction of sp³-hybridized carbons (Fsp3) is 0.429. The summed E-state index contributed by atoms with van der Waals surface area (Å²) in [6.45, 7) is 3.88. The third-order valence-electron chi connectivity index (χ3n) is 3.47. The maximum Gasteiger partial charge on any atom is 0.182 e. The van der Waals surface area contributed by atoms with E-state index in [2.05, 4.69) is 31.8 Å². The van der Waals surface area contributed by atoms with Crippen molar-refractivity contribution in [3.8, 4) is 11.5 Å². The van der Waals surface area contributed by atoms with Gasteiger partial charge in [-0.2, -0.15) is 0 Å². The van der Waals surface area contributed by atoms with Gasteiger partial charge in [-0.1, -0.05) is 6.92 Å². The zero-order valence-corrected chi connectivity index (χ0v) is 11.5. The first-order valence-corrected chi connectivity index (χ1v) is 6.91. The van der Waals surface area contributed by atoms with Crippen LogP contribution in [0.2, 0.25) is 0 Å². The molecule has 1 fully saturated rings. The van der Waals surface area contributed by atoms with Crippen molar-refractivity contribution in [3.05, 3.63) is 30.4 Å². The molecule has 0 radical (unpaired) electrons. The fourth-order valence-corrected chi connectivity index (χ4v) is 2.35. The van der Waals surface area contributed by atoms with Gasteiger partial charge in [0, 0.05) is 43.3 Å². The summed E-state index contributed by atoms with van der Waals surface area (Å²) >= 11 is 0. The van der Waals surface area contributed by atoms with Crippen LogP contribution in [-0.2, 0) is 6.42 Å². The minimum atomic E-state index is 0.231. The van der Waals surface area contributed by atoms with Gasteiger partial charge in [-0.3, -0.25) is 4.98 Å². The third kappa shape index (κ3) is 2.60. The molecule has 3 rings (SSSR count). The summed E-state index contributed by atoms with van der Waals surface area (Å²) in [6.07, 6.45) is 6.86. The van der Waals surface area contributed by atoms with E-state index in [1.54, 1.807) is 18.6 Å². The minimum Gasteiger partial charge on any atom is -0.355 e. The number of aryl methyl sites for hydroxylation is 1. The van der Waals surface area contributed by atoms with Gasteiger partial charge in [0.2, 0.25) is 0 Å². The van der Waals surface area contributed by atoms with Gasteiger partial charge in [0.25, 0.3) is 0 Å². The Kier molecular flexibility index (Phi) is 3.56. The van der Waals surface area contributed by atoms with Gasteiger partial charge in [-0.15, -0.1) is 0 Å². The number of hydrogen-bond acceptors (Lipinski definition) is 6. The highest BCUT2D eigenvalue weighted by molar-refractivity contribution is 5.53. The molecule has 0 amide bonds. The highest BCUT2D eigenvalue weighted by Gasteiger charge is 2.21. The highest BCUT2D eigenvalue weighted by atomic mass is 15.2. The van der Waals surface area contributed by atoms with Crippen molar-refractivity contribution < 1.29 is 0 Å². The van der Waals surface area contributed by atoms with Gasteiger partial charge in [-0.25, -0.2) is 15.0 Å². The van der Waals surface area contributed by atoms with Crippen LogP contribution in [0.15, 0.2) is 24.7 Å². The van der Waals surface area contributed by atoms with Crippen molar-refractivity contribution in [1.82, 2.24) is 19.9 Å². The third-order valence-corrected chi connectivity index (χ3v) is 3.47. The monoisotopic (exact) mass is 270 g/mol. The average molecular weight is 270 g/mol. The van der Waals surface area contributed by atoms with Crippen molar-refractivity contribution in [2.45, 2.75) is 25.8 Å². The molecule has 2 aromatic rings. The lowest BCUT2D eigenvalue weighted by Gasteiger charge is -2.18. The molecular formula is C14H18N6. The molecule has 0 bridgehead atoms. The molecule has 2 N–H and O–H groups in total. The maximum absolute atomic E-state index is 5.97. The summed E-state index contributed by atoms with van der Waals surface area (Å²) in [4.78, 5) is 19.7. The van der Waals surface area contributed by atoms with Crippen molar-refractivity contribution in [3.63, 3.8) is 0 Å². The molecule has 1 aliphatic rings. The number of rotatable bonds is 3. The Morgan fingerprint density at radius 1 is 1.35 bits per heavy atom. The Labute approximate surface area is 118 Å². The molecule has 6 heteroatoms. The highest BCUT2D eigenvalue weighted by Crippen LogP contribution is 2.21. The van der Waals surface area contributed by atoms with E-state index in [0.717, 1.165) is 37.4 Å². The Bertz CT molecular complexity index is 585. The molecule has 0 saturated carbocycles. The van der Waals surface area contributed by atoms with E-state index in [4.69, 9.17) is 5.73 Å². The van der Waals surface area contributed by atoms with E-state index in [1.165, 1.54) is 0 Å². The second-order valence-electron chi connectivity index (χ2n) is 4.98. The molecule has 0 aliphatic carbocycles. The number of hydrogen-bond donors (Lipinski definition) is 1. The predicted molar refractivity (Wildman–Crippen MR) is 77.2 cm³/mol. The van der Waals surface area contributed by atoms with Crippen molar-refractivity contribution in [1.29, 1.82) is 0 Å². The molecule has 0 aromatic carbocycles. The Hall–Kier alpha value is -2.08. The smallest absolute Gasteiger partial charge is 0.182 e. The van der Waals surface area contributed by atoms with Crippen LogP contribution in [0.4, 0.5) is 5.82 Å². The lowest BCUT2D eigenvalue weighted by atomic mass is 10.3. The Morgan fingerprint density at radius 3 is 2.90 bits per heavy atom. The summed E-state index contributed by atoms with van der Waals surface area (Å²) in [5.74, 6) is 1.57. The molecule has 104 valence electrons. The fourth-order valence-electron chi connectivity index (χ4n) is 2.35. The lowest BCUT2D eigenvalue weighted by Crippen LogP contribution is -2.27. The van der Waals surface area contributed by atoms with Gasteiger partial charge in [0.1, 0.15) is 11.5 Å². The first-order chi connectivity index (χ1) is 9.76. The largest absolute Gasteiger partial charge is 0.355 e. The molecule has 3 heterocycles. The number of aromatic nitrogens is 4. The first-order valence-electron chi connectivity index (χ1n) is 6.91. The van der Waals surface area contributed by atoms with E-state index in [9.17, 15) is 0 Å². The molecule has 2 aromatic heterocycles. The van der Waals surface area contributed by atoms with E-state index >= 15 is 0 Å². The molecule has 20 heavy (non-hydrogen) atoms. The number of nitrogens with zero attached hydrogens (tertiary/aromatic N) is 5. The summed E-state index contributed by atoms with van der Waals surface area (Å²) in [7, 11) is 0. The van der Waals surface area contributed by atoms with Crippen LogP contribution in [0.3, 0.4) is 0 Å². The topological polar surface area (TPSA) is 80.8 Å². The Balaban J connectivity index is 1.99. The quantitative estimate of drug-likeness (QED) is 0.897.